The number of carbonyl (C=O) groups excluding carboxylic acids is 2. The molecule has 2 aliphatic heterocycles. The van der Waals surface area contributed by atoms with Crippen LogP contribution in [0.2, 0.25) is 0 Å². The molecular formula is C29H21NO5. The summed E-state index contributed by atoms with van der Waals surface area (Å²) in [7, 11) is 0. The maximum absolute atomic E-state index is 13.4. The number of hydrogen-bond acceptors (Lipinski definition) is 5. The first-order valence-corrected chi connectivity index (χ1v) is 11.4. The second kappa shape index (κ2) is 8.33. The Morgan fingerprint density at radius 1 is 0.800 bits per heavy atom. The maximum Gasteiger partial charge on any atom is 0.300 e. The standard InChI is InChI=1S/C29H21NO5/c31-27(22-12-6-10-18-7-4-5-11-21(18)22)25-26(19-8-2-1-3-9-19)30(29(33)28(25)32)20-13-14-23-24(17-20)35-16-15-34-23/h1-14,17,26,31H,15-16H2/b27-25+. The Bertz CT molecular complexity index is 1500. The van der Waals surface area contributed by atoms with Crippen molar-refractivity contribution < 1.29 is 24.2 Å². The van der Waals surface area contributed by atoms with Gasteiger partial charge in [0.2, 0.25) is 0 Å². The molecule has 4 aromatic carbocycles. The van der Waals surface area contributed by atoms with Crippen LogP contribution in [0.5, 0.6) is 11.5 Å². The Morgan fingerprint density at radius 3 is 2.34 bits per heavy atom. The molecule has 1 atom stereocenters. The third-order valence-corrected chi connectivity index (χ3v) is 6.41. The highest BCUT2D eigenvalue weighted by atomic mass is 16.6. The number of Topliss-reactive ketones (excluding diaryl/α,β-unsaturated/α-hetero) is 1. The number of carbonyl (C=O) groups is 2. The van der Waals surface area contributed by atoms with Crippen LogP contribution >= 0.6 is 0 Å². The molecule has 2 aliphatic rings. The summed E-state index contributed by atoms with van der Waals surface area (Å²) in [5, 5.41) is 13.3. The van der Waals surface area contributed by atoms with Gasteiger partial charge in [-0.05, 0) is 28.5 Å². The first-order chi connectivity index (χ1) is 17.1. The number of rotatable bonds is 3. The van der Waals surface area contributed by atoms with Gasteiger partial charge in [0.1, 0.15) is 19.0 Å². The van der Waals surface area contributed by atoms with Crippen LogP contribution in [0.15, 0.2) is 96.6 Å². The molecule has 0 aromatic heterocycles. The van der Waals surface area contributed by atoms with Gasteiger partial charge in [-0.3, -0.25) is 14.5 Å². The van der Waals surface area contributed by atoms with E-state index < -0.39 is 17.7 Å². The largest absolute Gasteiger partial charge is 0.507 e. The number of benzene rings is 4. The Balaban J connectivity index is 1.57. The number of aliphatic hydroxyl groups is 1. The fourth-order valence-electron chi connectivity index (χ4n) is 4.81. The van der Waals surface area contributed by atoms with Crippen LogP contribution in [0, 0.1) is 0 Å². The normalized spacial score (nSPS) is 18.7. The Kier molecular flexibility index (Phi) is 4.99. The zero-order valence-corrected chi connectivity index (χ0v) is 18.7. The lowest BCUT2D eigenvalue weighted by Crippen LogP contribution is -2.29. The quantitative estimate of drug-likeness (QED) is 0.256. The second-order valence-corrected chi connectivity index (χ2v) is 8.43. The molecule has 6 heteroatoms. The lowest BCUT2D eigenvalue weighted by molar-refractivity contribution is -0.132. The van der Waals surface area contributed by atoms with Crippen molar-refractivity contribution in [2.75, 3.05) is 18.1 Å². The third-order valence-electron chi connectivity index (χ3n) is 6.41. The Labute approximate surface area is 201 Å². The summed E-state index contributed by atoms with van der Waals surface area (Å²) in [6.45, 7) is 0.852. The highest BCUT2D eigenvalue weighted by molar-refractivity contribution is 6.51. The zero-order valence-electron chi connectivity index (χ0n) is 18.7. The summed E-state index contributed by atoms with van der Waals surface area (Å²) < 4.78 is 11.3. The zero-order chi connectivity index (χ0) is 23.9. The monoisotopic (exact) mass is 463 g/mol. The molecule has 1 amide bonds. The summed E-state index contributed by atoms with van der Waals surface area (Å²) in [6, 6.07) is 26.7. The van der Waals surface area contributed by atoms with Gasteiger partial charge < -0.3 is 14.6 Å². The van der Waals surface area contributed by atoms with Gasteiger partial charge in [-0.1, -0.05) is 72.8 Å². The number of anilines is 1. The Hall–Kier alpha value is -4.58. The molecule has 1 N–H and O–H groups in total. The lowest BCUT2D eigenvalue weighted by atomic mass is 9.93. The van der Waals surface area contributed by atoms with Crippen LogP contribution in [0.4, 0.5) is 5.69 Å². The molecule has 1 fully saturated rings. The van der Waals surface area contributed by atoms with Crippen LogP contribution in [0.3, 0.4) is 0 Å². The van der Waals surface area contributed by atoms with Crippen molar-refractivity contribution >= 4 is 33.9 Å². The average Bonchev–Trinajstić information content (AvgIpc) is 3.18. The molecule has 0 saturated carbocycles. The number of aliphatic hydroxyl groups excluding tert-OH is 1. The molecule has 4 aromatic rings. The van der Waals surface area contributed by atoms with E-state index in [0.29, 0.717) is 41.5 Å². The van der Waals surface area contributed by atoms with Gasteiger partial charge in [0.25, 0.3) is 11.7 Å². The fraction of sp³-hybridized carbons (Fsp3) is 0.103. The lowest BCUT2D eigenvalue weighted by Gasteiger charge is -2.27. The number of ether oxygens (including phenoxy) is 2. The van der Waals surface area contributed by atoms with E-state index >= 15 is 0 Å². The topological polar surface area (TPSA) is 76.1 Å². The molecule has 0 radical (unpaired) electrons. The van der Waals surface area contributed by atoms with E-state index in [9.17, 15) is 14.7 Å². The minimum atomic E-state index is -0.808. The molecule has 0 spiro atoms. The van der Waals surface area contributed by atoms with Gasteiger partial charge >= 0.3 is 0 Å². The molecule has 35 heavy (non-hydrogen) atoms. The summed E-state index contributed by atoms with van der Waals surface area (Å²) in [4.78, 5) is 28.3. The summed E-state index contributed by atoms with van der Waals surface area (Å²) in [5.74, 6) is -0.550. The molecule has 0 bridgehead atoms. The minimum Gasteiger partial charge on any atom is -0.507 e. The van der Waals surface area contributed by atoms with Crippen LogP contribution in [-0.2, 0) is 9.59 Å². The minimum absolute atomic E-state index is 0.0486. The van der Waals surface area contributed by atoms with Crippen LogP contribution in [-0.4, -0.2) is 30.0 Å². The van der Waals surface area contributed by atoms with Gasteiger partial charge in [-0.25, -0.2) is 0 Å². The maximum atomic E-state index is 13.4. The van der Waals surface area contributed by atoms with E-state index in [1.165, 1.54) is 4.90 Å². The van der Waals surface area contributed by atoms with Crippen LogP contribution in [0.25, 0.3) is 16.5 Å². The number of ketones is 1. The average molecular weight is 463 g/mol. The molecule has 172 valence electrons. The summed E-state index contributed by atoms with van der Waals surface area (Å²) >= 11 is 0. The number of nitrogens with zero attached hydrogens (tertiary/aromatic N) is 1. The summed E-state index contributed by atoms with van der Waals surface area (Å²) in [6.07, 6.45) is 0. The van der Waals surface area contributed by atoms with Crippen molar-refractivity contribution in [3.63, 3.8) is 0 Å². The van der Waals surface area contributed by atoms with E-state index in [0.717, 1.165) is 10.8 Å². The molecule has 6 rings (SSSR count). The molecule has 6 nitrogen and oxygen atoms in total. The fourth-order valence-corrected chi connectivity index (χ4v) is 4.81. The van der Waals surface area contributed by atoms with Gasteiger partial charge in [0.15, 0.2) is 11.5 Å². The van der Waals surface area contributed by atoms with Crippen molar-refractivity contribution in [2.45, 2.75) is 6.04 Å². The third kappa shape index (κ3) is 3.42. The Morgan fingerprint density at radius 2 is 1.51 bits per heavy atom. The van der Waals surface area contributed by atoms with E-state index in [2.05, 4.69) is 0 Å². The number of amides is 1. The highest BCUT2D eigenvalue weighted by Crippen LogP contribution is 2.45. The van der Waals surface area contributed by atoms with Gasteiger partial charge in [-0.15, -0.1) is 0 Å². The number of fused-ring (bicyclic) bond motifs is 2. The van der Waals surface area contributed by atoms with E-state index in [-0.39, 0.29) is 11.3 Å². The van der Waals surface area contributed by atoms with Crippen molar-refractivity contribution in [3.05, 3.63) is 108 Å². The van der Waals surface area contributed by atoms with Crippen LogP contribution < -0.4 is 14.4 Å². The summed E-state index contributed by atoms with van der Waals surface area (Å²) in [5.41, 5.74) is 1.75. The predicted molar refractivity (Wildman–Crippen MR) is 133 cm³/mol. The van der Waals surface area contributed by atoms with Gasteiger partial charge in [-0.2, -0.15) is 0 Å². The van der Waals surface area contributed by atoms with Gasteiger partial charge in [0.05, 0.1) is 11.6 Å². The van der Waals surface area contributed by atoms with Crippen molar-refractivity contribution in [1.29, 1.82) is 0 Å². The highest BCUT2D eigenvalue weighted by Gasteiger charge is 2.47. The second-order valence-electron chi connectivity index (χ2n) is 8.43. The molecule has 1 unspecified atom stereocenters. The molecule has 1 saturated heterocycles. The number of hydrogen-bond donors (Lipinski definition) is 1. The van der Waals surface area contributed by atoms with Crippen LogP contribution in [0.1, 0.15) is 17.2 Å². The first kappa shape index (κ1) is 21.0. The smallest absolute Gasteiger partial charge is 0.300 e. The SMILES string of the molecule is O=C1C(=O)N(c2ccc3c(c2)OCCO3)C(c2ccccc2)/C1=C(\O)c1cccc2ccccc12. The van der Waals surface area contributed by atoms with E-state index in [1.807, 2.05) is 66.7 Å². The first-order valence-electron chi connectivity index (χ1n) is 11.4. The van der Waals surface area contributed by atoms with E-state index in [4.69, 9.17) is 9.47 Å². The molecule has 2 heterocycles. The van der Waals surface area contributed by atoms with Gasteiger partial charge in [0, 0.05) is 17.3 Å². The predicted octanol–water partition coefficient (Wildman–Crippen LogP) is 5.24. The van der Waals surface area contributed by atoms with E-state index in [1.54, 1.807) is 24.3 Å². The molecule has 0 aliphatic carbocycles. The van der Waals surface area contributed by atoms with Crippen molar-refractivity contribution in [3.8, 4) is 11.5 Å². The molecular weight excluding hydrogens is 442 g/mol. The van der Waals surface area contributed by atoms with Crippen molar-refractivity contribution in [2.24, 2.45) is 0 Å². The van der Waals surface area contributed by atoms with Crippen molar-refractivity contribution in [1.82, 2.24) is 0 Å².